The molecule has 0 fully saturated rings. The highest BCUT2D eigenvalue weighted by Crippen LogP contribution is 2.21. The molecule has 1 aromatic heterocycles. The second-order valence-corrected chi connectivity index (χ2v) is 6.07. The van der Waals surface area contributed by atoms with E-state index in [0.29, 0.717) is 18.3 Å². The predicted octanol–water partition coefficient (Wildman–Crippen LogP) is 2.05. The lowest BCUT2D eigenvalue weighted by Crippen LogP contribution is -2.13. The van der Waals surface area contributed by atoms with E-state index in [1.54, 1.807) is 4.57 Å². The number of nitrogens with one attached hydrogen (secondary N) is 1. The minimum Gasteiger partial charge on any atom is -0.349 e. The Morgan fingerprint density at radius 3 is 2.52 bits per heavy atom. The Balaban J connectivity index is 2.36. The van der Waals surface area contributed by atoms with Gasteiger partial charge in [-0.2, -0.15) is 0 Å². The molecule has 0 saturated carbocycles. The number of aromatic nitrogens is 1. The van der Waals surface area contributed by atoms with Gasteiger partial charge in [-0.3, -0.25) is 4.72 Å². The maximum Gasteiger partial charge on any atom is 0.263 e. The van der Waals surface area contributed by atoms with Gasteiger partial charge in [0.15, 0.2) is 0 Å². The van der Waals surface area contributed by atoms with E-state index in [9.17, 15) is 17.2 Å². The van der Waals surface area contributed by atoms with E-state index in [1.807, 2.05) is 6.92 Å². The summed E-state index contributed by atoms with van der Waals surface area (Å²) >= 11 is 0. The molecule has 1 heterocycles. The average Bonchev–Trinajstić information content (AvgIpc) is 2.86. The van der Waals surface area contributed by atoms with Crippen LogP contribution < -0.4 is 10.5 Å². The summed E-state index contributed by atoms with van der Waals surface area (Å²) < 4.78 is 54.5. The van der Waals surface area contributed by atoms with E-state index < -0.39 is 21.7 Å². The Kier molecular flexibility index (Phi) is 4.29. The highest BCUT2D eigenvalue weighted by molar-refractivity contribution is 7.92. The standard InChI is InChI=1S/C13H15F2N3O2S/c1-2-18-8-11(6-10(18)7-16)21(19,20)17-13-4-3-9(14)5-12(13)15/h3-6,8,17H,2,7,16H2,1H3. The van der Waals surface area contributed by atoms with E-state index in [4.69, 9.17) is 5.73 Å². The molecule has 0 saturated heterocycles. The molecule has 0 aliphatic heterocycles. The molecule has 3 N–H and O–H groups in total. The molecule has 0 unspecified atom stereocenters. The summed E-state index contributed by atoms with van der Waals surface area (Å²) in [7, 11) is -3.96. The monoisotopic (exact) mass is 315 g/mol. The Morgan fingerprint density at radius 2 is 2.00 bits per heavy atom. The van der Waals surface area contributed by atoms with Gasteiger partial charge in [0.05, 0.1) is 5.69 Å². The lowest BCUT2D eigenvalue weighted by Gasteiger charge is -2.07. The van der Waals surface area contributed by atoms with Crippen LogP contribution in [0.25, 0.3) is 0 Å². The minimum atomic E-state index is -3.96. The fourth-order valence-corrected chi connectivity index (χ4v) is 3.04. The topological polar surface area (TPSA) is 77.1 Å². The SMILES string of the molecule is CCn1cc(S(=O)(=O)Nc2ccc(F)cc2F)cc1CN. The van der Waals surface area contributed by atoms with Gasteiger partial charge in [-0.1, -0.05) is 0 Å². The Bertz CT molecular complexity index is 735. The lowest BCUT2D eigenvalue weighted by molar-refractivity contribution is 0.582. The lowest BCUT2D eigenvalue weighted by atomic mass is 10.3. The summed E-state index contributed by atoms with van der Waals surface area (Å²) in [6.07, 6.45) is 1.42. The number of sulfonamides is 1. The largest absolute Gasteiger partial charge is 0.349 e. The van der Waals surface area contributed by atoms with Crippen LogP contribution in [-0.2, 0) is 23.1 Å². The minimum absolute atomic E-state index is 0.0199. The van der Waals surface area contributed by atoms with Crippen molar-refractivity contribution in [1.29, 1.82) is 0 Å². The zero-order chi connectivity index (χ0) is 15.6. The summed E-state index contributed by atoms with van der Waals surface area (Å²) in [5, 5.41) is 0. The van der Waals surface area contributed by atoms with Gasteiger partial charge in [0.25, 0.3) is 10.0 Å². The molecular weight excluding hydrogens is 300 g/mol. The first-order valence-corrected chi connectivity index (χ1v) is 7.72. The first kappa shape index (κ1) is 15.5. The van der Waals surface area contributed by atoms with Crippen molar-refractivity contribution < 1.29 is 17.2 Å². The van der Waals surface area contributed by atoms with Crippen molar-refractivity contribution in [2.75, 3.05) is 4.72 Å². The van der Waals surface area contributed by atoms with Crippen molar-refractivity contribution in [1.82, 2.24) is 4.57 Å². The molecular formula is C13H15F2N3O2S. The van der Waals surface area contributed by atoms with Crippen LogP contribution >= 0.6 is 0 Å². The fourth-order valence-electron chi connectivity index (χ4n) is 1.91. The van der Waals surface area contributed by atoms with Crippen LogP contribution in [0.2, 0.25) is 0 Å². The van der Waals surface area contributed by atoms with E-state index in [-0.39, 0.29) is 17.1 Å². The normalized spacial score (nSPS) is 11.6. The van der Waals surface area contributed by atoms with Crippen LogP contribution in [0.15, 0.2) is 35.4 Å². The van der Waals surface area contributed by atoms with Crippen LogP contribution in [-0.4, -0.2) is 13.0 Å². The Hall–Kier alpha value is -1.93. The van der Waals surface area contributed by atoms with E-state index in [1.165, 1.54) is 12.3 Å². The van der Waals surface area contributed by atoms with Gasteiger partial charge in [0.2, 0.25) is 0 Å². The summed E-state index contributed by atoms with van der Waals surface area (Å²) in [6.45, 7) is 2.60. The molecule has 0 atom stereocenters. The molecule has 0 spiro atoms. The molecule has 0 bridgehead atoms. The second kappa shape index (κ2) is 5.82. The number of benzene rings is 1. The van der Waals surface area contributed by atoms with Gasteiger partial charge in [0, 0.05) is 31.0 Å². The van der Waals surface area contributed by atoms with Crippen LogP contribution in [0, 0.1) is 11.6 Å². The third-order valence-corrected chi connectivity index (χ3v) is 4.33. The molecule has 0 amide bonds. The highest BCUT2D eigenvalue weighted by atomic mass is 32.2. The maximum atomic E-state index is 13.5. The molecule has 5 nitrogen and oxygen atoms in total. The number of nitrogens with two attached hydrogens (primary N) is 1. The first-order chi connectivity index (χ1) is 9.87. The number of hydrogen-bond acceptors (Lipinski definition) is 3. The van der Waals surface area contributed by atoms with Gasteiger partial charge in [-0.25, -0.2) is 17.2 Å². The average molecular weight is 315 g/mol. The Morgan fingerprint density at radius 1 is 1.29 bits per heavy atom. The molecule has 1 aromatic carbocycles. The van der Waals surface area contributed by atoms with Crippen molar-refractivity contribution in [2.24, 2.45) is 5.73 Å². The maximum absolute atomic E-state index is 13.5. The quantitative estimate of drug-likeness (QED) is 0.886. The van der Waals surface area contributed by atoms with Crippen LogP contribution in [0.4, 0.5) is 14.5 Å². The van der Waals surface area contributed by atoms with Crippen LogP contribution in [0.1, 0.15) is 12.6 Å². The molecule has 0 aliphatic carbocycles. The predicted molar refractivity (Wildman–Crippen MR) is 75.2 cm³/mol. The summed E-state index contributed by atoms with van der Waals surface area (Å²) in [5.74, 6) is -1.76. The smallest absolute Gasteiger partial charge is 0.263 e. The van der Waals surface area contributed by atoms with Crippen LogP contribution in [0.5, 0.6) is 0 Å². The number of hydrogen-bond donors (Lipinski definition) is 2. The number of rotatable bonds is 5. The van der Waals surface area contributed by atoms with Crippen molar-refractivity contribution in [3.05, 3.63) is 47.8 Å². The zero-order valence-corrected chi connectivity index (χ0v) is 12.1. The van der Waals surface area contributed by atoms with Gasteiger partial charge < -0.3 is 10.3 Å². The third kappa shape index (κ3) is 3.22. The van der Waals surface area contributed by atoms with Crippen LogP contribution in [0.3, 0.4) is 0 Å². The molecule has 114 valence electrons. The number of aryl methyl sites for hydroxylation is 1. The number of anilines is 1. The fraction of sp³-hybridized carbons (Fsp3) is 0.231. The van der Waals surface area contributed by atoms with Crippen molar-refractivity contribution in [2.45, 2.75) is 24.9 Å². The van der Waals surface area contributed by atoms with Crippen molar-refractivity contribution in [3.8, 4) is 0 Å². The summed E-state index contributed by atoms with van der Waals surface area (Å²) in [5.41, 5.74) is 5.88. The molecule has 2 aromatic rings. The van der Waals surface area contributed by atoms with Gasteiger partial charge in [-0.15, -0.1) is 0 Å². The molecule has 21 heavy (non-hydrogen) atoms. The molecule has 0 aliphatic rings. The summed E-state index contributed by atoms with van der Waals surface area (Å²) in [6, 6.07) is 4.04. The number of halogens is 2. The zero-order valence-electron chi connectivity index (χ0n) is 11.3. The second-order valence-electron chi connectivity index (χ2n) is 4.39. The molecule has 0 radical (unpaired) electrons. The van der Waals surface area contributed by atoms with E-state index >= 15 is 0 Å². The number of nitrogens with zero attached hydrogens (tertiary/aromatic N) is 1. The van der Waals surface area contributed by atoms with Crippen molar-refractivity contribution in [3.63, 3.8) is 0 Å². The molecule has 8 heteroatoms. The van der Waals surface area contributed by atoms with Gasteiger partial charge in [-0.05, 0) is 25.1 Å². The van der Waals surface area contributed by atoms with E-state index in [2.05, 4.69) is 4.72 Å². The Labute approximate surface area is 121 Å². The van der Waals surface area contributed by atoms with Crippen molar-refractivity contribution >= 4 is 15.7 Å². The highest BCUT2D eigenvalue weighted by Gasteiger charge is 2.19. The summed E-state index contributed by atoms with van der Waals surface area (Å²) in [4.78, 5) is -0.0199. The van der Waals surface area contributed by atoms with Gasteiger partial charge >= 0.3 is 0 Å². The molecule has 2 rings (SSSR count). The third-order valence-electron chi connectivity index (χ3n) is 3.00. The van der Waals surface area contributed by atoms with E-state index in [0.717, 1.165) is 12.1 Å². The van der Waals surface area contributed by atoms with Gasteiger partial charge in [0.1, 0.15) is 16.5 Å². The first-order valence-electron chi connectivity index (χ1n) is 6.24.